The van der Waals surface area contributed by atoms with Gasteiger partial charge in [-0.3, -0.25) is 9.69 Å². The fourth-order valence-corrected chi connectivity index (χ4v) is 7.18. The van der Waals surface area contributed by atoms with Crippen molar-refractivity contribution in [1.29, 1.82) is 0 Å². The summed E-state index contributed by atoms with van der Waals surface area (Å²) < 4.78 is 32.9. The maximum atomic E-state index is 13.3. The van der Waals surface area contributed by atoms with Crippen LogP contribution >= 0.6 is 11.3 Å². The van der Waals surface area contributed by atoms with Gasteiger partial charge in [0.25, 0.3) is 10.0 Å². The van der Waals surface area contributed by atoms with Crippen molar-refractivity contribution >= 4 is 38.9 Å². The van der Waals surface area contributed by atoms with Gasteiger partial charge in [-0.2, -0.15) is 0 Å². The number of ether oxygens (including phenoxy) is 1. The molecule has 1 amide bonds. The van der Waals surface area contributed by atoms with Gasteiger partial charge in [-0.05, 0) is 36.1 Å². The van der Waals surface area contributed by atoms with Crippen molar-refractivity contribution in [2.24, 2.45) is 0 Å². The van der Waals surface area contributed by atoms with E-state index >= 15 is 0 Å². The number of carbonyl (C=O) groups is 2. The van der Waals surface area contributed by atoms with E-state index in [-0.39, 0.29) is 15.7 Å². The Kier molecular flexibility index (Phi) is 8.28. The van der Waals surface area contributed by atoms with Crippen LogP contribution < -0.4 is 5.32 Å². The molecule has 0 aliphatic carbocycles. The van der Waals surface area contributed by atoms with Crippen LogP contribution in [0.3, 0.4) is 0 Å². The number of anilines is 1. The molecule has 0 radical (unpaired) electrons. The van der Waals surface area contributed by atoms with Crippen molar-refractivity contribution in [3.05, 3.63) is 45.8 Å². The number of hydrogen-bond acceptors (Lipinski definition) is 7. The van der Waals surface area contributed by atoms with Gasteiger partial charge >= 0.3 is 5.97 Å². The third kappa shape index (κ3) is 5.81. The van der Waals surface area contributed by atoms with Crippen molar-refractivity contribution < 1.29 is 22.7 Å². The number of rotatable bonds is 9. The molecule has 1 aliphatic rings. The Balaban J connectivity index is 1.84. The summed E-state index contributed by atoms with van der Waals surface area (Å²) in [6.45, 7) is 5.83. The van der Waals surface area contributed by atoms with E-state index in [1.165, 1.54) is 29.7 Å². The monoisotopic (exact) mass is 493 g/mol. The van der Waals surface area contributed by atoms with Crippen LogP contribution in [-0.2, 0) is 39.1 Å². The zero-order valence-corrected chi connectivity index (χ0v) is 21.1. The number of sulfonamides is 1. The number of methoxy groups -OCH3 is 1. The summed E-state index contributed by atoms with van der Waals surface area (Å²) in [5, 5.41) is 2.75. The number of esters is 1. The summed E-state index contributed by atoms with van der Waals surface area (Å²) in [5.74, 6) is -0.714. The minimum atomic E-state index is -3.78. The van der Waals surface area contributed by atoms with Crippen LogP contribution in [0.5, 0.6) is 0 Å². The standard InChI is InChI=1S/C23H31N3O5S2/c1-5-6-12-25(3)33(29,30)23-21(22(28)31-4)19-11-13-26(15-20(19)32-23)14-17-7-9-18(10-8-17)24-16(2)27/h7-10H,5-6,11-15H2,1-4H3,(H,24,27). The van der Waals surface area contributed by atoms with Crippen LogP contribution in [0.1, 0.15) is 53.1 Å². The third-order valence-corrected chi connectivity index (χ3v) is 9.21. The molecular weight excluding hydrogens is 462 g/mol. The van der Waals surface area contributed by atoms with E-state index in [0.29, 0.717) is 32.6 Å². The highest BCUT2D eigenvalue weighted by molar-refractivity contribution is 7.91. The Hall–Kier alpha value is -2.27. The third-order valence-electron chi connectivity index (χ3n) is 5.64. The van der Waals surface area contributed by atoms with Crippen molar-refractivity contribution in [1.82, 2.24) is 9.21 Å². The van der Waals surface area contributed by atoms with E-state index in [2.05, 4.69) is 10.2 Å². The van der Waals surface area contributed by atoms with Crippen molar-refractivity contribution in [3.63, 3.8) is 0 Å². The second kappa shape index (κ2) is 10.8. The molecule has 10 heteroatoms. The van der Waals surface area contributed by atoms with Gasteiger partial charge in [-0.15, -0.1) is 11.3 Å². The van der Waals surface area contributed by atoms with Crippen molar-refractivity contribution in [2.45, 2.75) is 50.4 Å². The second-order valence-electron chi connectivity index (χ2n) is 8.18. The van der Waals surface area contributed by atoms with E-state index in [1.807, 2.05) is 31.2 Å². The molecule has 0 fully saturated rings. The molecule has 0 saturated carbocycles. The van der Waals surface area contributed by atoms with E-state index in [4.69, 9.17) is 4.74 Å². The van der Waals surface area contributed by atoms with Crippen LogP contribution in [0.25, 0.3) is 0 Å². The van der Waals surface area contributed by atoms with Crippen molar-refractivity contribution in [3.8, 4) is 0 Å². The summed E-state index contributed by atoms with van der Waals surface area (Å²) in [5.41, 5.74) is 2.81. The maximum absolute atomic E-state index is 13.3. The van der Waals surface area contributed by atoms with E-state index in [1.54, 1.807) is 7.05 Å². The molecule has 3 rings (SSSR count). The Bertz CT molecular complexity index is 1110. The molecule has 0 saturated heterocycles. The van der Waals surface area contributed by atoms with E-state index in [0.717, 1.165) is 34.5 Å². The minimum Gasteiger partial charge on any atom is -0.465 e. The first-order valence-corrected chi connectivity index (χ1v) is 13.2. The lowest BCUT2D eigenvalue weighted by Crippen LogP contribution is -2.30. The number of nitrogens with zero attached hydrogens (tertiary/aromatic N) is 2. The average Bonchev–Trinajstić information content (AvgIpc) is 3.17. The predicted molar refractivity (Wildman–Crippen MR) is 129 cm³/mol. The normalized spacial score (nSPS) is 14.2. The largest absolute Gasteiger partial charge is 0.465 e. The molecule has 1 N–H and O–H groups in total. The number of unbranched alkanes of at least 4 members (excludes halogenated alkanes) is 1. The van der Waals surface area contributed by atoms with Crippen LogP contribution in [0, 0.1) is 0 Å². The molecule has 0 unspecified atom stereocenters. The van der Waals surface area contributed by atoms with Gasteiger partial charge in [0.05, 0.1) is 12.7 Å². The molecule has 8 nitrogen and oxygen atoms in total. The molecule has 33 heavy (non-hydrogen) atoms. The summed E-state index contributed by atoms with van der Waals surface area (Å²) >= 11 is 1.18. The quantitative estimate of drug-likeness (QED) is 0.538. The summed E-state index contributed by atoms with van der Waals surface area (Å²) in [4.78, 5) is 26.9. The molecule has 1 aromatic carbocycles. The number of amides is 1. The first-order chi connectivity index (χ1) is 15.7. The Morgan fingerprint density at radius 1 is 1.24 bits per heavy atom. The average molecular weight is 494 g/mol. The second-order valence-corrected chi connectivity index (χ2v) is 11.5. The number of benzene rings is 1. The zero-order chi connectivity index (χ0) is 24.2. The number of carbonyl (C=O) groups excluding carboxylic acids is 2. The molecular formula is C23H31N3O5S2. The van der Waals surface area contributed by atoms with Crippen LogP contribution in [0.15, 0.2) is 28.5 Å². The fourth-order valence-electron chi connectivity index (χ4n) is 3.85. The van der Waals surface area contributed by atoms with Gasteiger partial charge < -0.3 is 10.1 Å². The number of nitrogens with one attached hydrogen (secondary N) is 1. The van der Waals surface area contributed by atoms with Crippen LogP contribution in [-0.4, -0.2) is 56.7 Å². The number of thiophene rings is 1. The highest BCUT2D eigenvalue weighted by atomic mass is 32.2. The number of fused-ring (bicyclic) bond motifs is 1. The van der Waals surface area contributed by atoms with Gasteiger partial charge in [0.1, 0.15) is 4.21 Å². The predicted octanol–water partition coefficient (Wildman–Crippen LogP) is 3.47. The van der Waals surface area contributed by atoms with Crippen molar-refractivity contribution in [2.75, 3.05) is 32.6 Å². The fraction of sp³-hybridized carbons (Fsp3) is 0.478. The van der Waals surface area contributed by atoms with Gasteiger partial charge in [-0.25, -0.2) is 17.5 Å². The van der Waals surface area contributed by atoms with E-state index < -0.39 is 16.0 Å². The van der Waals surface area contributed by atoms with Gasteiger partial charge in [0.15, 0.2) is 0 Å². The summed E-state index contributed by atoms with van der Waals surface area (Å²) in [7, 11) is -0.946. The first-order valence-electron chi connectivity index (χ1n) is 11.0. The lowest BCUT2D eigenvalue weighted by Gasteiger charge is -2.27. The van der Waals surface area contributed by atoms with Gasteiger partial charge in [0, 0.05) is 50.7 Å². The topological polar surface area (TPSA) is 96.0 Å². The first kappa shape index (κ1) is 25.4. The molecule has 0 spiro atoms. The lowest BCUT2D eigenvalue weighted by molar-refractivity contribution is -0.114. The Morgan fingerprint density at radius 2 is 1.94 bits per heavy atom. The van der Waals surface area contributed by atoms with E-state index in [9.17, 15) is 18.0 Å². The molecule has 1 aromatic heterocycles. The van der Waals surface area contributed by atoms with Gasteiger partial charge in [-0.1, -0.05) is 25.5 Å². The molecule has 0 bridgehead atoms. The molecule has 1 aliphatic heterocycles. The smallest absolute Gasteiger partial charge is 0.340 e. The Labute approximate surface area is 199 Å². The SMILES string of the molecule is CCCCN(C)S(=O)(=O)c1sc2c(c1C(=O)OC)CCN(Cc1ccc(NC(C)=O)cc1)C2. The Morgan fingerprint density at radius 3 is 2.55 bits per heavy atom. The lowest BCUT2D eigenvalue weighted by atomic mass is 10.0. The van der Waals surface area contributed by atoms with Crippen LogP contribution in [0.4, 0.5) is 5.69 Å². The highest BCUT2D eigenvalue weighted by Crippen LogP contribution is 2.38. The maximum Gasteiger partial charge on any atom is 0.340 e. The highest BCUT2D eigenvalue weighted by Gasteiger charge is 2.35. The zero-order valence-electron chi connectivity index (χ0n) is 19.5. The number of hydrogen-bond donors (Lipinski definition) is 1. The molecule has 0 atom stereocenters. The minimum absolute atomic E-state index is 0.0828. The molecule has 2 heterocycles. The molecule has 180 valence electrons. The summed E-state index contributed by atoms with van der Waals surface area (Å²) in [6, 6.07) is 7.66. The van der Waals surface area contributed by atoms with Gasteiger partial charge in [0.2, 0.25) is 5.91 Å². The summed E-state index contributed by atoms with van der Waals surface area (Å²) in [6.07, 6.45) is 2.21. The molecule has 2 aromatic rings. The van der Waals surface area contributed by atoms with Crippen LogP contribution in [0.2, 0.25) is 0 Å².